The number of nitro groups is 1. The number of nitrogens with zero attached hydrogens (tertiary/aromatic N) is 4. The Morgan fingerprint density at radius 3 is 2.88 bits per heavy atom. The highest BCUT2D eigenvalue weighted by Crippen LogP contribution is 2.29. The van der Waals surface area contributed by atoms with Crippen molar-refractivity contribution in [1.82, 2.24) is 9.97 Å². The van der Waals surface area contributed by atoms with E-state index in [1.165, 1.54) is 12.1 Å². The van der Waals surface area contributed by atoms with Gasteiger partial charge in [0.2, 0.25) is 5.95 Å². The van der Waals surface area contributed by atoms with E-state index in [0.717, 1.165) is 43.9 Å². The summed E-state index contributed by atoms with van der Waals surface area (Å²) in [5.74, 6) is 1.23. The van der Waals surface area contributed by atoms with Crippen LogP contribution in [-0.2, 0) is 6.42 Å². The minimum Gasteiger partial charge on any atom is -0.355 e. The summed E-state index contributed by atoms with van der Waals surface area (Å²) in [6.07, 6.45) is 2.71. The summed E-state index contributed by atoms with van der Waals surface area (Å²) >= 11 is 5.87. The fraction of sp³-hybridized carbons (Fsp3) is 0.412. The second kappa shape index (κ2) is 7.84. The molecule has 1 atom stereocenters. The molecule has 9 heteroatoms. The molecule has 26 heavy (non-hydrogen) atoms. The average molecular weight is 377 g/mol. The Hall–Kier alpha value is -2.45. The molecule has 1 saturated heterocycles. The van der Waals surface area contributed by atoms with E-state index < -0.39 is 4.92 Å². The second-order valence-electron chi connectivity index (χ2n) is 6.33. The molecule has 0 spiro atoms. The van der Waals surface area contributed by atoms with Crippen molar-refractivity contribution in [2.75, 3.05) is 23.3 Å². The number of rotatable bonds is 6. The molecule has 3 rings (SSSR count). The lowest BCUT2D eigenvalue weighted by Gasteiger charge is -2.19. The summed E-state index contributed by atoms with van der Waals surface area (Å²) in [6, 6.07) is 6.66. The molecule has 138 valence electrons. The summed E-state index contributed by atoms with van der Waals surface area (Å²) in [5, 5.41) is 14.2. The Morgan fingerprint density at radius 1 is 1.42 bits per heavy atom. The third-order valence-corrected chi connectivity index (χ3v) is 4.54. The summed E-state index contributed by atoms with van der Waals surface area (Å²) in [7, 11) is 0. The van der Waals surface area contributed by atoms with Crippen LogP contribution in [0.5, 0.6) is 0 Å². The normalized spacial score (nSPS) is 16.7. The van der Waals surface area contributed by atoms with Crippen LogP contribution in [0, 0.1) is 10.1 Å². The van der Waals surface area contributed by atoms with Gasteiger partial charge in [-0.1, -0.05) is 24.9 Å². The largest absolute Gasteiger partial charge is 0.355 e. The van der Waals surface area contributed by atoms with E-state index in [0.29, 0.717) is 11.6 Å². The topological polar surface area (TPSA) is 110 Å². The van der Waals surface area contributed by atoms with Crippen LogP contribution >= 0.6 is 11.6 Å². The summed E-state index contributed by atoms with van der Waals surface area (Å²) in [5.41, 5.74) is 7.28. The van der Waals surface area contributed by atoms with Crippen molar-refractivity contribution in [2.24, 2.45) is 5.73 Å². The number of aryl methyl sites for hydroxylation is 1. The molecule has 2 heterocycles. The second-order valence-corrected chi connectivity index (χ2v) is 6.74. The lowest BCUT2D eigenvalue weighted by atomic mass is 10.2. The van der Waals surface area contributed by atoms with Crippen LogP contribution in [0.25, 0.3) is 0 Å². The number of nitrogens with one attached hydrogen (secondary N) is 1. The molecule has 2 aromatic rings. The first-order valence-electron chi connectivity index (χ1n) is 8.55. The van der Waals surface area contributed by atoms with E-state index in [4.69, 9.17) is 17.3 Å². The van der Waals surface area contributed by atoms with E-state index in [1.807, 2.05) is 6.07 Å². The van der Waals surface area contributed by atoms with Crippen molar-refractivity contribution in [3.05, 3.63) is 45.1 Å². The van der Waals surface area contributed by atoms with Gasteiger partial charge < -0.3 is 16.0 Å². The number of hydrogen-bond acceptors (Lipinski definition) is 7. The van der Waals surface area contributed by atoms with Crippen molar-refractivity contribution >= 4 is 34.7 Å². The highest BCUT2D eigenvalue weighted by atomic mass is 35.5. The third kappa shape index (κ3) is 4.20. The van der Waals surface area contributed by atoms with E-state index in [-0.39, 0.29) is 16.8 Å². The fourth-order valence-corrected chi connectivity index (χ4v) is 3.13. The molecular formula is C17H21ClN6O2. The van der Waals surface area contributed by atoms with E-state index in [9.17, 15) is 10.1 Å². The molecule has 1 aromatic heterocycles. The Balaban J connectivity index is 1.90. The number of hydrogen-bond donors (Lipinski definition) is 2. The quantitative estimate of drug-likeness (QED) is 0.587. The summed E-state index contributed by atoms with van der Waals surface area (Å²) < 4.78 is 0. The van der Waals surface area contributed by atoms with E-state index in [2.05, 4.69) is 27.1 Å². The predicted molar refractivity (Wildman–Crippen MR) is 102 cm³/mol. The average Bonchev–Trinajstić information content (AvgIpc) is 3.03. The zero-order chi connectivity index (χ0) is 18.7. The van der Waals surface area contributed by atoms with Crippen molar-refractivity contribution in [3.8, 4) is 0 Å². The molecule has 0 saturated carbocycles. The fourth-order valence-electron chi connectivity index (χ4n) is 2.94. The maximum absolute atomic E-state index is 11.1. The van der Waals surface area contributed by atoms with Gasteiger partial charge in [-0.25, -0.2) is 4.98 Å². The van der Waals surface area contributed by atoms with Crippen molar-refractivity contribution in [3.63, 3.8) is 0 Å². The van der Waals surface area contributed by atoms with Crippen LogP contribution in [0.1, 0.15) is 25.5 Å². The number of halogens is 1. The highest BCUT2D eigenvalue weighted by molar-refractivity contribution is 6.32. The lowest BCUT2D eigenvalue weighted by molar-refractivity contribution is -0.384. The Morgan fingerprint density at radius 2 is 2.23 bits per heavy atom. The highest BCUT2D eigenvalue weighted by Gasteiger charge is 2.21. The third-order valence-electron chi connectivity index (χ3n) is 4.22. The molecule has 8 nitrogen and oxygen atoms in total. The van der Waals surface area contributed by atoms with Crippen LogP contribution in [0.4, 0.5) is 23.1 Å². The van der Waals surface area contributed by atoms with Gasteiger partial charge in [-0.15, -0.1) is 0 Å². The van der Waals surface area contributed by atoms with Crippen LogP contribution < -0.4 is 16.0 Å². The number of anilines is 3. The molecule has 0 bridgehead atoms. The molecule has 1 aromatic carbocycles. The van der Waals surface area contributed by atoms with Gasteiger partial charge in [0.15, 0.2) is 0 Å². The molecule has 1 fully saturated rings. The summed E-state index contributed by atoms with van der Waals surface area (Å²) in [4.78, 5) is 21.8. The number of aromatic nitrogens is 2. The van der Waals surface area contributed by atoms with Gasteiger partial charge in [0.1, 0.15) is 10.8 Å². The van der Waals surface area contributed by atoms with Gasteiger partial charge in [-0.2, -0.15) is 4.98 Å². The van der Waals surface area contributed by atoms with Gasteiger partial charge in [0.25, 0.3) is 5.69 Å². The zero-order valence-corrected chi connectivity index (χ0v) is 15.2. The smallest absolute Gasteiger partial charge is 0.289 e. The van der Waals surface area contributed by atoms with Crippen molar-refractivity contribution in [1.29, 1.82) is 0 Å². The Kier molecular flexibility index (Phi) is 5.53. The maximum Gasteiger partial charge on any atom is 0.289 e. The van der Waals surface area contributed by atoms with Gasteiger partial charge in [0, 0.05) is 42.6 Å². The standard InChI is InChI=1S/C17H21ClN6O2/c1-2-3-12-9-16(23-7-6-11(19)10-23)22-17(20-12)21-13-4-5-14(18)15(8-13)24(25)26/h4-5,8-9,11H,2-3,6-7,10,19H2,1H3,(H,20,21,22). The van der Waals surface area contributed by atoms with Crippen LogP contribution in [-0.4, -0.2) is 34.0 Å². The molecule has 1 aliphatic rings. The van der Waals surface area contributed by atoms with Crippen molar-refractivity contribution < 1.29 is 4.92 Å². The first-order valence-corrected chi connectivity index (χ1v) is 8.93. The monoisotopic (exact) mass is 376 g/mol. The first kappa shape index (κ1) is 18.3. The molecular weight excluding hydrogens is 356 g/mol. The lowest BCUT2D eigenvalue weighted by Crippen LogP contribution is -2.27. The SMILES string of the molecule is CCCc1cc(N2CCC(N)C2)nc(Nc2ccc(Cl)c([N+](=O)[O-])c2)n1. The molecule has 1 aliphatic heterocycles. The minimum absolute atomic E-state index is 0.0907. The van der Waals surface area contributed by atoms with Gasteiger partial charge in [-0.3, -0.25) is 10.1 Å². The molecule has 3 N–H and O–H groups in total. The predicted octanol–water partition coefficient (Wildman–Crippen LogP) is 3.27. The number of nitro benzene ring substituents is 1. The van der Waals surface area contributed by atoms with E-state index >= 15 is 0 Å². The summed E-state index contributed by atoms with van der Waals surface area (Å²) in [6.45, 7) is 3.70. The van der Waals surface area contributed by atoms with Crippen LogP contribution in [0.2, 0.25) is 5.02 Å². The maximum atomic E-state index is 11.1. The first-order chi connectivity index (χ1) is 12.5. The minimum atomic E-state index is -0.515. The van der Waals surface area contributed by atoms with E-state index in [1.54, 1.807) is 6.07 Å². The van der Waals surface area contributed by atoms with Crippen molar-refractivity contribution in [2.45, 2.75) is 32.2 Å². The van der Waals surface area contributed by atoms with Crippen LogP contribution in [0.15, 0.2) is 24.3 Å². The van der Waals surface area contributed by atoms with Crippen LogP contribution in [0.3, 0.4) is 0 Å². The van der Waals surface area contributed by atoms with Gasteiger partial charge >= 0.3 is 0 Å². The Labute approximate surface area is 156 Å². The Bertz CT molecular complexity index is 816. The zero-order valence-electron chi connectivity index (χ0n) is 14.5. The number of benzene rings is 1. The molecule has 0 radical (unpaired) electrons. The molecule has 1 unspecified atom stereocenters. The number of nitrogens with two attached hydrogens (primary N) is 1. The molecule has 0 aliphatic carbocycles. The molecule has 0 amide bonds. The van der Waals surface area contributed by atoms with Gasteiger partial charge in [-0.05, 0) is 25.0 Å². The van der Waals surface area contributed by atoms with Gasteiger partial charge in [0.05, 0.1) is 4.92 Å².